The Morgan fingerprint density at radius 3 is 2.40 bits per heavy atom. The summed E-state index contributed by atoms with van der Waals surface area (Å²) in [5.74, 6) is 0. The molecule has 0 saturated heterocycles. The van der Waals surface area contributed by atoms with Crippen LogP contribution in [-0.2, 0) is 13.0 Å². The molecule has 0 aromatic carbocycles. The van der Waals surface area contributed by atoms with Crippen molar-refractivity contribution in [2.45, 2.75) is 66.3 Å². The Hall–Kier alpha value is -1.01. The molecular formula is C16H24ClN3. The van der Waals surface area contributed by atoms with Gasteiger partial charge in [0.15, 0.2) is 0 Å². The fourth-order valence-corrected chi connectivity index (χ4v) is 3.29. The van der Waals surface area contributed by atoms with E-state index in [1.807, 2.05) is 11.6 Å². The van der Waals surface area contributed by atoms with Gasteiger partial charge in [0.25, 0.3) is 0 Å². The molecule has 0 spiro atoms. The predicted octanol–water partition coefficient (Wildman–Crippen LogP) is 4.52. The number of rotatable bonds is 3. The fourth-order valence-electron chi connectivity index (χ4n) is 3.09. The van der Waals surface area contributed by atoms with Crippen LogP contribution in [0, 0.1) is 29.1 Å². The maximum absolute atomic E-state index is 9.71. The van der Waals surface area contributed by atoms with Gasteiger partial charge in [0.1, 0.15) is 0 Å². The minimum absolute atomic E-state index is 0.265. The maximum Gasteiger partial charge on any atom is 0.0847 e. The van der Waals surface area contributed by atoms with E-state index < -0.39 is 0 Å². The molecule has 4 heteroatoms. The van der Waals surface area contributed by atoms with Crippen LogP contribution < -0.4 is 0 Å². The molecular weight excluding hydrogens is 270 g/mol. The molecule has 20 heavy (non-hydrogen) atoms. The van der Waals surface area contributed by atoms with Crippen molar-refractivity contribution in [2.24, 2.45) is 10.8 Å². The van der Waals surface area contributed by atoms with E-state index in [0.29, 0.717) is 5.41 Å². The first-order valence-electron chi connectivity index (χ1n) is 7.45. The number of hydrogen-bond donors (Lipinski definition) is 0. The molecule has 0 aliphatic heterocycles. The molecule has 0 unspecified atom stereocenters. The number of halogens is 1. The van der Waals surface area contributed by atoms with Crippen molar-refractivity contribution in [1.82, 2.24) is 9.78 Å². The van der Waals surface area contributed by atoms with Crippen LogP contribution in [-0.4, -0.2) is 9.78 Å². The lowest BCUT2D eigenvalue weighted by Crippen LogP contribution is -2.32. The van der Waals surface area contributed by atoms with Crippen molar-refractivity contribution in [2.75, 3.05) is 0 Å². The van der Waals surface area contributed by atoms with Crippen molar-refractivity contribution in [3.63, 3.8) is 0 Å². The largest absolute Gasteiger partial charge is 0.268 e. The van der Waals surface area contributed by atoms with Gasteiger partial charge in [-0.25, -0.2) is 0 Å². The SMILES string of the molecule is CCn1nc(C)c(Cl)c1CC1(C#N)CCC(C)(C)CC1. The Bertz CT molecular complexity index is 527. The molecule has 1 aliphatic carbocycles. The molecule has 1 saturated carbocycles. The number of nitriles is 1. The van der Waals surface area contributed by atoms with Crippen LogP contribution in [0.2, 0.25) is 5.02 Å². The fraction of sp³-hybridized carbons (Fsp3) is 0.750. The van der Waals surface area contributed by atoms with Gasteiger partial charge < -0.3 is 0 Å². The second-order valence-electron chi connectivity index (χ2n) is 6.89. The highest BCUT2D eigenvalue weighted by Crippen LogP contribution is 2.47. The highest BCUT2D eigenvalue weighted by Gasteiger charge is 2.39. The lowest BCUT2D eigenvalue weighted by molar-refractivity contribution is 0.144. The first kappa shape index (κ1) is 15.4. The summed E-state index contributed by atoms with van der Waals surface area (Å²) in [7, 11) is 0. The lowest BCUT2D eigenvalue weighted by atomic mass is 9.64. The first-order chi connectivity index (χ1) is 9.32. The second-order valence-corrected chi connectivity index (χ2v) is 7.27. The van der Waals surface area contributed by atoms with Crippen LogP contribution in [0.3, 0.4) is 0 Å². The molecule has 0 N–H and O–H groups in total. The van der Waals surface area contributed by atoms with Crippen LogP contribution in [0.4, 0.5) is 0 Å². The van der Waals surface area contributed by atoms with E-state index in [-0.39, 0.29) is 5.41 Å². The van der Waals surface area contributed by atoms with Crippen LogP contribution in [0.15, 0.2) is 0 Å². The summed E-state index contributed by atoms with van der Waals surface area (Å²) in [5.41, 5.74) is 2.00. The summed E-state index contributed by atoms with van der Waals surface area (Å²) in [6.45, 7) is 9.38. The van der Waals surface area contributed by atoms with Crippen molar-refractivity contribution in [3.8, 4) is 6.07 Å². The minimum Gasteiger partial charge on any atom is -0.268 e. The predicted molar refractivity (Wildman–Crippen MR) is 81.6 cm³/mol. The zero-order valence-corrected chi connectivity index (χ0v) is 13.7. The number of aryl methyl sites for hydroxylation is 2. The Morgan fingerprint density at radius 1 is 1.30 bits per heavy atom. The topological polar surface area (TPSA) is 41.6 Å². The quantitative estimate of drug-likeness (QED) is 0.822. The Morgan fingerprint density at radius 2 is 1.90 bits per heavy atom. The van der Waals surface area contributed by atoms with Crippen LogP contribution in [0.25, 0.3) is 0 Å². The Kier molecular flexibility index (Phi) is 4.16. The monoisotopic (exact) mass is 293 g/mol. The van der Waals surface area contributed by atoms with Gasteiger partial charge in [-0.2, -0.15) is 10.4 Å². The molecule has 1 fully saturated rings. The number of nitrogens with zero attached hydrogens (tertiary/aromatic N) is 3. The van der Waals surface area contributed by atoms with Gasteiger partial charge in [0.05, 0.1) is 27.9 Å². The summed E-state index contributed by atoms with van der Waals surface area (Å²) in [6.07, 6.45) is 4.86. The van der Waals surface area contributed by atoms with E-state index in [1.54, 1.807) is 0 Å². The van der Waals surface area contributed by atoms with Crippen molar-refractivity contribution < 1.29 is 0 Å². The van der Waals surface area contributed by atoms with Gasteiger partial charge in [0, 0.05) is 13.0 Å². The summed E-state index contributed by atoms with van der Waals surface area (Å²) in [5, 5.41) is 14.9. The summed E-state index contributed by atoms with van der Waals surface area (Å²) in [6, 6.07) is 2.59. The van der Waals surface area contributed by atoms with Crippen molar-refractivity contribution in [3.05, 3.63) is 16.4 Å². The molecule has 1 heterocycles. The molecule has 2 rings (SSSR count). The smallest absolute Gasteiger partial charge is 0.0847 e. The van der Waals surface area contributed by atoms with E-state index >= 15 is 0 Å². The van der Waals surface area contributed by atoms with Crippen LogP contribution >= 0.6 is 11.6 Å². The van der Waals surface area contributed by atoms with Crippen molar-refractivity contribution in [1.29, 1.82) is 5.26 Å². The highest BCUT2D eigenvalue weighted by atomic mass is 35.5. The van der Waals surface area contributed by atoms with Crippen LogP contribution in [0.5, 0.6) is 0 Å². The summed E-state index contributed by atoms with van der Waals surface area (Å²) >= 11 is 6.39. The highest BCUT2D eigenvalue weighted by molar-refractivity contribution is 6.31. The Balaban J connectivity index is 2.26. The molecule has 0 atom stereocenters. The normalized spacial score (nSPS) is 20.6. The molecule has 1 aromatic rings. The van der Waals surface area contributed by atoms with E-state index in [1.165, 1.54) is 0 Å². The third-order valence-electron chi connectivity index (χ3n) is 4.76. The number of aromatic nitrogens is 2. The van der Waals surface area contributed by atoms with Gasteiger partial charge in [-0.05, 0) is 44.9 Å². The van der Waals surface area contributed by atoms with Gasteiger partial charge >= 0.3 is 0 Å². The molecule has 0 radical (unpaired) electrons. The molecule has 1 aliphatic rings. The van der Waals surface area contributed by atoms with Gasteiger partial charge in [-0.1, -0.05) is 25.4 Å². The summed E-state index contributed by atoms with van der Waals surface area (Å²) < 4.78 is 1.95. The second kappa shape index (κ2) is 5.41. The third kappa shape index (κ3) is 2.86. The molecule has 0 amide bonds. The Labute approximate surface area is 126 Å². The maximum atomic E-state index is 9.71. The molecule has 3 nitrogen and oxygen atoms in total. The first-order valence-corrected chi connectivity index (χ1v) is 7.83. The van der Waals surface area contributed by atoms with E-state index in [0.717, 1.165) is 55.1 Å². The number of hydrogen-bond acceptors (Lipinski definition) is 2. The van der Waals surface area contributed by atoms with Crippen molar-refractivity contribution >= 4 is 11.6 Å². The van der Waals surface area contributed by atoms with Crippen LogP contribution in [0.1, 0.15) is 57.8 Å². The minimum atomic E-state index is -0.265. The van der Waals surface area contributed by atoms with Gasteiger partial charge in [0.2, 0.25) is 0 Å². The standard InChI is InChI=1S/C16H24ClN3/c1-5-20-13(14(17)12(2)19-20)10-16(11-18)8-6-15(3,4)7-9-16/h5-10H2,1-4H3. The van der Waals surface area contributed by atoms with E-state index in [9.17, 15) is 5.26 Å². The molecule has 1 aromatic heterocycles. The lowest BCUT2D eigenvalue weighted by Gasteiger charge is -2.39. The van der Waals surface area contributed by atoms with Gasteiger partial charge in [-0.15, -0.1) is 0 Å². The third-order valence-corrected chi connectivity index (χ3v) is 5.25. The average molecular weight is 294 g/mol. The zero-order valence-electron chi connectivity index (χ0n) is 13.0. The van der Waals surface area contributed by atoms with E-state index in [4.69, 9.17) is 11.6 Å². The van der Waals surface area contributed by atoms with E-state index in [2.05, 4.69) is 31.9 Å². The average Bonchev–Trinajstić information content (AvgIpc) is 2.69. The zero-order chi connectivity index (χ0) is 15.0. The molecule has 110 valence electrons. The molecule has 0 bridgehead atoms. The van der Waals surface area contributed by atoms with Gasteiger partial charge in [-0.3, -0.25) is 4.68 Å². The summed E-state index contributed by atoms with van der Waals surface area (Å²) in [4.78, 5) is 0.